The van der Waals surface area contributed by atoms with Gasteiger partial charge in [0.2, 0.25) is 0 Å². The highest BCUT2D eigenvalue weighted by atomic mass is 32.1. The largest absolute Gasteiger partial charge is 0.484 e. The Kier molecular flexibility index (Phi) is 5.28. The third-order valence-electron chi connectivity index (χ3n) is 4.03. The molecule has 1 amide bonds. The van der Waals surface area contributed by atoms with Gasteiger partial charge in [-0.1, -0.05) is 37.3 Å². The summed E-state index contributed by atoms with van der Waals surface area (Å²) in [6.07, 6.45) is 1.08. The summed E-state index contributed by atoms with van der Waals surface area (Å²) in [4.78, 5) is 16.3. The summed E-state index contributed by atoms with van der Waals surface area (Å²) in [5.41, 5.74) is 1.91. The topological polar surface area (TPSA) is 51.2 Å². The Hall–Kier alpha value is -2.47. The second kappa shape index (κ2) is 7.61. The lowest BCUT2D eigenvalue weighted by molar-refractivity contribution is -0.118. The summed E-state index contributed by atoms with van der Waals surface area (Å²) in [6.45, 7) is 4.22. The van der Waals surface area contributed by atoms with E-state index in [9.17, 15) is 9.18 Å². The number of benzene rings is 2. The molecule has 0 aliphatic rings. The van der Waals surface area contributed by atoms with Crippen LogP contribution in [0.2, 0.25) is 0 Å². The van der Waals surface area contributed by atoms with Crippen LogP contribution >= 0.6 is 11.3 Å². The highest BCUT2D eigenvalue weighted by Gasteiger charge is 2.09. The predicted octanol–water partition coefficient (Wildman–Crippen LogP) is 4.97. The Morgan fingerprint density at radius 1 is 1.28 bits per heavy atom. The van der Waals surface area contributed by atoms with Crippen LogP contribution in [-0.4, -0.2) is 17.5 Å². The molecule has 1 unspecified atom stereocenters. The van der Waals surface area contributed by atoms with Gasteiger partial charge < -0.3 is 4.74 Å². The van der Waals surface area contributed by atoms with Gasteiger partial charge in [-0.15, -0.1) is 0 Å². The number of carbonyl (C=O) groups is 1. The van der Waals surface area contributed by atoms with Gasteiger partial charge in [-0.05, 0) is 48.2 Å². The number of anilines is 1. The van der Waals surface area contributed by atoms with Crippen molar-refractivity contribution in [3.8, 4) is 5.75 Å². The zero-order chi connectivity index (χ0) is 17.8. The Bertz CT molecular complexity index is 877. The van der Waals surface area contributed by atoms with E-state index in [2.05, 4.69) is 24.1 Å². The van der Waals surface area contributed by atoms with Crippen molar-refractivity contribution in [1.29, 1.82) is 0 Å². The van der Waals surface area contributed by atoms with Crippen LogP contribution in [0.3, 0.4) is 0 Å². The Morgan fingerprint density at radius 2 is 2.04 bits per heavy atom. The van der Waals surface area contributed by atoms with Gasteiger partial charge in [-0.25, -0.2) is 9.37 Å². The number of amides is 1. The smallest absolute Gasteiger partial charge is 0.264 e. The highest BCUT2D eigenvalue weighted by Crippen LogP contribution is 2.26. The molecule has 0 spiro atoms. The monoisotopic (exact) mass is 358 g/mol. The van der Waals surface area contributed by atoms with Crippen LogP contribution in [0.5, 0.6) is 5.75 Å². The van der Waals surface area contributed by atoms with E-state index in [4.69, 9.17) is 4.74 Å². The van der Waals surface area contributed by atoms with Gasteiger partial charge in [-0.3, -0.25) is 10.1 Å². The van der Waals surface area contributed by atoms with Crippen molar-refractivity contribution in [1.82, 2.24) is 4.98 Å². The Labute approximate surface area is 149 Å². The second-order valence-corrected chi connectivity index (χ2v) is 6.88. The molecule has 3 aromatic rings. The maximum absolute atomic E-state index is 13.2. The molecule has 2 aromatic carbocycles. The van der Waals surface area contributed by atoms with Crippen LogP contribution in [0.15, 0.2) is 42.5 Å². The molecule has 3 rings (SSSR count). The number of hydrogen-bond donors (Lipinski definition) is 1. The zero-order valence-corrected chi connectivity index (χ0v) is 14.9. The number of rotatable bonds is 6. The Balaban J connectivity index is 1.56. The van der Waals surface area contributed by atoms with Crippen molar-refractivity contribution >= 4 is 32.6 Å². The first-order valence-corrected chi connectivity index (χ1v) is 8.95. The predicted molar refractivity (Wildman–Crippen MR) is 98.9 cm³/mol. The molecule has 0 fully saturated rings. The summed E-state index contributed by atoms with van der Waals surface area (Å²) in [5, 5.41) is 3.11. The van der Waals surface area contributed by atoms with E-state index in [1.165, 1.54) is 29.0 Å². The van der Waals surface area contributed by atoms with Crippen LogP contribution < -0.4 is 10.1 Å². The number of ether oxygens (including phenoxy) is 1. The van der Waals surface area contributed by atoms with Gasteiger partial charge in [0.25, 0.3) is 5.91 Å². The molecule has 1 heterocycles. The third kappa shape index (κ3) is 4.33. The van der Waals surface area contributed by atoms with E-state index in [1.807, 2.05) is 24.3 Å². The maximum atomic E-state index is 13.2. The molecule has 0 aliphatic carbocycles. The summed E-state index contributed by atoms with van der Waals surface area (Å²) < 4.78 is 19.4. The number of aromatic nitrogens is 1. The van der Waals surface area contributed by atoms with E-state index < -0.39 is 0 Å². The lowest BCUT2D eigenvalue weighted by Gasteiger charge is -2.10. The fourth-order valence-electron chi connectivity index (χ4n) is 2.38. The van der Waals surface area contributed by atoms with Gasteiger partial charge in [0.15, 0.2) is 11.7 Å². The molecule has 25 heavy (non-hydrogen) atoms. The van der Waals surface area contributed by atoms with Crippen LogP contribution in [0.25, 0.3) is 10.2 Å². The minimum absolute atomic E-state index is 0.104. The number of halogens is 1. The highest BCUT2D eigenvalue weighted by molar-refractivity contribution is 7.22. The van der Waals surface area contributed by atoms with Crippen molar-refractivity contribution in [2.24, 2.45) is 0 Å². The first-order valence-electron chi connectivity index (χ1n) is 8.14. The van der Waals surface area contributed by atoms with Crippen LogP contribution in [0.1, 0.15) is 31.7 Å². The SMILES string of the molecule is CCC(C)c1ccc(OCC(=O)Nc2nc3ccc(F)cc3s2)cc1. The molecule has 0 saturated heterocycles. The number of hydrogen-bond acceptors (Lipinski definition) is 4. The van der Waals surface area contributed by atoms with E-state index in [1.54, 1.807) is 6.07 Å². The first-order chi connectivity index (χ1) is 12.0. The van der Waals surface area contributed by atoms with Gasteiger partial charge in [0.05, 0.1) is 10.2 Å². The molecule has 0 bridgehead atoms. The third-order valence-corrected chi connectivity index (χ3v) is 4.96. The number of fused-ring (bicyclic) bond motifs is 1. The van der Waals surface area contributed by atoms with Crippen LogP contribution in [-0.2, 0) is 4.79 Å². The zero-order valence-electron chi connectivity index (χ0n) is 14.1. The van der Waals surface area contributed by atoms with Gasteiger partial charge in [-0.2, -0.15) is 0 Å². The number of carbonyl (C=O) groups excluding carboxylic acids is 1. The van der Waals surface area contributed by atoms with Crippen molar-refractivity contribution in [2.45, 2.75) is 26.2 Å². The van der Waals surface area contributed by atoms with Gasteiger partial charge >= 0.3 is 0 Å². The van der Waals surface area contributed by atoms with Crippen molar-refractivity contribution < 1.29 is 13.9 Å². The lowest BCUT2D eigenvalue weighted by atomic mass is 9.99. The maximum Gasteiger partial charge on any atom is 0.264 e. The quantitative estimate of drug-likeness (QED) is 0.677. The molecule has 130 valence electrons. The fraction of sp³-hybridized carbons (Fsp3) is 0.263. The van der Waals surface area contributed by atoms with Crippen LogP contribution in [0.4, 0.5) is 9.52 Å². The van der Waals surface area contributed by atoms with Gasteiger partial charge in [0, 0.05) is 0 Å². The molecule has 1 atom stereocenters. The number of nitrogens with one attached hydrogen (secondary N) is 1. The van der Waals surface area contributed by atoms with Gasteiger partial charge in [0.1, 0.15) is 11.6 Å². The minimum Gasteiger partial charge on any atom is -0.484 e. The molecular weight excluding hydrogens is 339 g/mol. The van der Waals surface area contributed by atoms with Crippen LogP contribution in [0, 0.1) is 5.82 Å². The molecule has 4 nitrogen and oxygen atoms in total. The van der Waals surface area contributed by atoms with Crippen molar-refractivity contribution in [3.05, 3.63) is 53.8 Å². The lowest BCUT2D eigenvalue weighted by Crippen LogP contribution is -2.20. The minimum atomic E-state index is -0.321. The number of nitrogens with zero attached hydrogens (tertiary/aromatic N) is 1. The summed E-state index contributed by atoms with van der Waals surface area (Å²) >= 11 is 1.23. The number of thiazole rings is 1. The van der Waals surface area contributed by atoms with E-state index >= 15 is 0 Å². The van der Waals surface area contributed by atoms with E-state index in [0.29, 0.717) is 27.0 Å². The summed E-state index contributed by atoms with van der Waals surface area (Å²) in [5.74, 6) is 0.526. The van der Waals surface area contributed by atoms with E-state index in [-0.39, 0.29) is 18.3 Å². The first kappa shape index (κ1) is 17.4. The summed E-state index contributed by atoms with van der Waals surface area (Å²) in [6, 6.07) is 12.1. The fourth-order valence-corrected chi connectivity index (χ4v) is 3.29. The average Bonchev–Trinajstić information content (AvgIpc) is 3.01. The average molecular weight is 358 g/mol. The Morgan fingerprint density at radius 3 is 2.76 bits per heavy atom. The molecule has 1 aromatic heterocycles. The van der Waals surface area contributed by atoms with Crippen molar-refractivity contribution in [3.63, 3.8) is 0 Å². The molecule has 0 radical (unpaired) electrons. The molecule has 1 N–H and O–H groups in total. The standard InChI is InChI=1S/C19H19FN2O2S/c1-3-12(2)13-4-7-15(8-5-13)24-11-18(23)22-19-21-16-9-6-14(20)10-17(16)25-19/h4-10,12H,3,11H2,1-2H3,(H,21,22,23). The molecule has 0 aliphatic heterocycles. The molecule has 6 heteroatoms. The molecule has 0 saturated carbocycles. The second-order valence-electron chi connectivity index (χ2n) is 5.85. The van der Waals surface area contributed by atoms with Crippen molar-refractivity contribution in [2.75, 3.05) is 11.9 Å². The molecular formula is C19H19FN2O2S. The normalized spacial score (nSPS) is 12.1. The van der Waals surface area contributed by atoms with E-state index in [0.717, 1.165) is 6.42 Å². The summed E-state index contributed by atoms with van der Waals surface area (Å²) in [7, 11) is 0.